The lowest BCUT2D eigenvalue weighted by atomic mass is 10.0. The highest BCUT2D eigenvalue weighted by atomic mass is 16.4. The predicted molar refractivity (Wildman–Crippen MR) is 35.3 cm³/mol. The van der Waals surface area contributed by atoms with Crippen LogP contribution in [0.15, 0.2) is 0 Å². The Hall–Kier alpha value is -0.160. The molecule has 0 heterocycles. The third kappa shape index (κ3) is 2.62. The monoisotopic (exact) mass is 150 g/mol. The lowest BCUT2D eigenvalue weighted by Gasteiger charge is -2.20. The van der Waals surface area contributed by atoms with Crippen LogP contribution in [0.4, 0.5) is 0 Å². The van der Waals surface area contributed by atoms with E-state index in [4.69, 9.17) is 20.4 Å². The molecular formula is C6H14O4. The predicted octanol–water partition coefficient (Wildman–Crippen LogP) is -1.67. The summed E-state index contributed by atoms with van der Waals surface area (Å²) in [5.74, 6) is -0.401. The van der Waals surface area contributed by atoms with Crippen LogP contribution in [0.2, 0.25) is 0 Å². The molecule has 0 rings (SSSR count). The molecule has 0 bridgehead atoms. The topological polar surface area (TPSA) is 80.9 Å². The van der Waals surface area contributed by atoms with Gasteiger partial charge in [-0.1, -0.05) is 6.92 Å². The summed E-state index contributed by atoms with van der Waals surface area (Å²) in [5.41, 5.74) is 0. The number of hydrogen-bond acceptors (Lipinski definition) is 4. The number of aliphatic hydroxyl groups is 4. The van der Waals surface area contributed by atoms with Gasteiger partial charge in [0, 0.05) is 12.5 Å². The highest BCUT2D eigenvalue weighted by Gasteiger charge is 2.20. The summed E-state index contributed by atoms with van der Waals surface area (Å²) in [5, 5.41) is 34.7. The van der Waals surface area contributed by atoms with Crippen LogP contribution in [0, 0.1) is 5.92 Å². The van der Waals surface area contributed by atoms with E-state index in [0.717, 1.165) is 0 Å². The third-order valence-corrected chi connectivity index (χ3v) is 1.45. The van der Waals surface area contributed by atoms with Gasteiger partial charge >= 0.3 is 0 Å². The zero-order chi connectivity index (χ0) is 8.15. The van der Waals surface area contributed by atoms with Gasteiger partial charge in [0.25, 0.3) is 0 Å². The van der Waals surface area contributed by atoms with Crippen molar-refractivity contribution in [2.24, 2.45) is 5.92 Å². The fourth-order valence-electron chi connectivity index (χ4n) is 0.595. The molecule has 0 saturated carbocycles. The van der Waals surface area contributed by atoms with Gasteiger partial charge in [0.1, 0.15) is 6.10 Å². The summed E-state index contributed by atoms with van der Waals surface area (Å²) in [6.07, 6.45) is -2.20. The van der Waals surface area contributed by atoms with Crippen LogP contribution in [0.1, 0.15) is 6.92 Å². The molecule has 0 amide bonds. The minimum absolute atomic E-state index is 0.196. The molecule has 10 heavy (non-hydrogen) atoms. The molecule has 4 nitrogen and oxygen atoms in total. The van der Waals surface area contributed by atoms with Gasteiger partial charge in [-0.3, -0.25) is 0 Å². The number of rotatable bonds is 4. The van der Waals surface area contributed by atoms with E-state index >= 15 is 0 Å². The Balaban J connectivity index is 3.69. The molecule has 0 spiro atoms. The highest BCUT2D eigenvalue weighted by Crippen LogP contribution is 2.05. The van der Waals surface area contributed by atoms with Crippen molar-refractivity contribution in [3.05, 3.63) is 0 Å². The Bertz CT molecular complexity index is 75.8. The minimum Gasteiger partial charge on any atom is -0.396 e. The molecule has 0 aromatic rings. The molecule has 0 fully saturated rings. The summed E-state index contributed by atoms with van der Waals surface area (Å²) >= 11 is 0. The lowest BCUT2D eigenvalue weighted by Crippen LogP contribution is -2.36. The summed E-state index contributed by atoms with van der Waals surface area (Å²) in [7, 11) is 0. The molecule has 3 atom stereocenters. The van der Waals surface area contributed by atoms with Crippen molar-refractivity contribution in [1.82, 2.24) is 0 Å². The van der Waals surface area contributed by atoms with Crippen molar-refractivity contribution in [2.75, 3.05) is 13.2 Å². The zero-order valence-electron chi connectivity index (χ0n) is 5.94. The standard InChI is InChI=1S/C6H14O4/c1-4(2-7)6(10)5(9)3-8/h4-10H,2-3H2,1H3/t4-,5?,6?/m1/s1. The number of hydrogen-bond donors (Lipinski definition) is 4. The Kier molecular flexibility index (Phi) is 4.55. The van der Waals surface area contributed by atoms with Crippen LogP contribution in [0.25, 0.3) is 0 Å². The van der Waals surface area contributed by atoms with Crippen LogP contribution in [0.3, 0.4) is 0 Å². The smallest absolute Gasteiger partial charge is 0.103 e. The largest absolute Gasteiger partial charge is 0.396 e. The molecule has 62 valence electrons. The lowest BCUT2D eigenvalue weighted by molar-refractivity contribution is -0.0496. The second-order valence-corrected chi connectivity index (χ2v) is 2.40. The van der Waals surface area contributed by atoms with E-state index in [1.165, 1.54) is 0 Å². The van der Waals surface area contributed by atoms with Gasteiger partial charge in [-0.05, 0) is 0 Å². The van der Waals surface area contributed by atoms with Crippen molar-refractivity contribution in [3.8, 4) is 0 Å². The van der Waals surface area contributed by atoms with Crippen LogP contribution >= 0.6 is 0 Å². The quantitative estimate of drug-likeness (QED) is 0.386. The van der Waals surface area contributed by atoms with Crippen LogP contribution in [0.5, 0.6) is 0 Å². The molecule has 0 aliphatic carbocycles. The van der Waals surface area contributed by atoms with E-state index in [9.17, 15) is 0 Å². The van der Waals surface area contributed by atoms with Crippen LogP contribution in [-0.2, 0) is 0 Å². The Morgan fingerprint density at radius 3 is 1.90 bits per heavy atom. The van der Waals surface area contributed by atoms with Crippen LogP contribution in [-0.4, -0.2) is 45.8 Å². The summed E-state index contributed by atoms with van der Waals surface area (Å²) < 4.78 is 0. The minimum atomic E-state index is -1.15. The first-order valence-electron chi connectivity index (χ1n) is 3.21. The van der Waals surface area contributed by atoms with Gasteiger partial charge in [0.05, 0.1) is 12.7 Å². The van der Waals surface area contributed by atoms with Crippen molar-refractivity contribution in [2.45, 2.75) is 19.1 Å². The zero-order valence-corrected chi connectivity index (χ0v) is 5.94. The Labute approximate surface area is 59.7 Å². The maximum absolute atomic E-state index is 9.02. The molecule has 0 radical (unpaired) electrons. The van der Waals surface area contributed by atoms with Gasteiger partial charge < -0.3 is 20.4 Å². The average Bonchev–Trinajstić information content (AvgIpc) is 2.00. The molecule has 0 saturated heterocycles. The van der Waals surface area contributed by atoms with E-state index in [-0.39, 0.29) is 6.61 Å². The fourth-order valence-corrected chi connectivity index (χ4v) is 0.595. The van der Waals surface area contributed by atoms with Gasteiger partial charge in [-0.15, -0.1) is 0 Å². The van der Waals surface area contributed by atoms with E-state index in [0.29, 0.717) is 0 Å². The molecule has 4 N–H and O–H groups in total. The van der Waals surface area contributed by atoms with Gasteiger partial charge in [0.15, 0.2) is 0 Å². The van der Waals surface area contributed by atoms with E-state index in [2.05, 4.69) is 0 Å². The highest BCUT2D eigenvalue weighted by molar-refractivity contribution is 4.70. The molecule has 2 unspecified atom stereocenters. The maximum Gasteiger partial charge on any atom is 0.103 e. The Morgan fingerprint density at radius 2 is 1.60 bits per heavy atom. The normalized spacial score (nSPS) is 20.1. The number of aliphatic hydroxyl groups excluding tert-OH is 4. The molecular weight excluding hydrogens is 136 g/mol. The average molecular weight is 150 g/mol. The first-order chi connectivity index (χ1) is 4.63. The van der Waals surface area contributed by atoms with Crippen molar-refractivity contribution < 1.29 is 20.4 Å². The van der Waals surface area contributed by atoms with E-state index in [1.54, 1.807) is 6.92 Å². The van der Waals surface area contributed by atoms with Gasteiger partial charge in [0.2, 0.25) is 0 Å². The first-order valence-corrected chi connectivity index (χ1v) is 3.21. The Morgan fingerprint density at radius 1 is 1.10 bits per heavy atom. The van der Waals surface area contributed by atoms with E-state index in [1.807, 2.05) is 0 Å². The second kappa shape index (κ2) is 4.62. The fraction of sp³-hybridized carbons (Fsp3) is 1.00. The molecule has 0 aromatic heterocycles. The molecule has 0 aliphatic rings. The van der Waals surface area contributed by atoms with Crippen molar-refractivity contribution in [1.29, 1.82) is 0 Å². The first kappa shape index (κ1) is 9.84. The molecule has 0 aromatic carbocycles. The second-order valence-electron chi connectivity index (χ2n) is 2.40. The van der Waals surface area contributed by atoms with Crippen molar-refractivity contribution >= 4 is 0 Å². The van der Waals surface area contributed by atoms with E-state index < -0.39 is 24.7 Å². The molecule has 4 heteroatoms. The summed E-state index contributed by atoms with van der Waals surface area (Å²) in [4.78, 5) is 0. The van der Waals surface area contributed by atoms with Crippen molar-refractivity contribution in [3.63, 3.8) is 0 Å². The molecule has 0 aliphatic heterocycles. The SMILES string of the molecule is C[C@H](CO)C(O)C(O)CO. The maximum atomic E-state index is 9.02. The third-order valence-electron chi connectivity index (χ3n) is 1.45. The summed E-state index contributed by atoms with van der Waals surface area (Å²) in [6.45, 7) is 0.910. The van der Waals surface area contributed by atoms with Gasteiger partial charge in [-0.2, -0.15) is 0 Å². The summed E-state index contributed by atoms with van der Waals surface area (Å²) in [6, 6.07) is 0. The van der Waals surface area contributed by atoms with Crippen LogP contribution < -0.4 is 0 Å². The van der Waals surface area contributed by atoms with Gasteiger partial charge in [-0.25, -0.2) is 0 Å².